The van der Waals surface area contributed by atoms with Gasteiger partial charge in [0.05, 0.1) is 6.61 Å². The van der Waals surface area contributed by atoms with Crippen LogP contribution in [-0.2, 0) is 6.61 Å². The zero-order valence-corrected chi connectivity index (χ0v) is 12.2. The molecule has 0 saturated heterocycles. The monoisotopic (exact) mass is 259 g/mol. The standard InChI is InChI=1S/C17H25NO/c1-16(2)13-8-9-17(16,3)15(10-13)18-14-6-4-12(11-19)5-7-14/h4-7,13,15,18-19H,8-11H2,1-3H3. The molecule has 0 radical (unpaired) electrons. The van der Waals surface area contributed by atoms with Gasteiger partial charge >= 0.3 is 0 Å². The second-order valence-corrected chi connectivity index (χ2v) is 7.16. The summed E-state index contributed by atoms with van der Waals surface area (Å²) in [7, 11) is 0. The Hall–Kier alpha value is -1.02. The molecule has 1 aromatic rings. The van der Waals surface area contributed by atoms with Crippen LogP contribution in [0.2, 0.25) is 0 Å². The van der Waals surface area contributed by atoms with E-state index in [0.717, 1.165) is 11.5 Å². The number of fused-ring (bicyclic) bond motifs is 2. The lowest BCUT2D eigenvalue weighted by atomic mass is 9.69. The fourth-order valence-corrected chi connectivity index (χ4v) is 4.33. The van der Waals surface area contributed by atoms with E-state index in [0.29, 0.717) is 16.9 Å². The molecule has 0 aromatic heterocycles. The van der Waals surface area contributed by atoms with Gasteiger partial charge in [-0.15, -0.1) is 0 Å². The van der Waals surface area contributed by atoms with Gasteiger partial charge in [-0.3, -0.25) is 0 Å². The Morgan fingerprint density at radius 3 is 2.37 bits per heavy atom. The zero-order valence-electron chi connectivity index (χ0n) is 12.2. The first kappa shape index (κ1) is 13.0. The molecule has 19 heavy (non-hydrogen) atoms. The molecular weight excluding hydrogens is 234 g/mol. The Kier molecular flexibility index (Phi) is 2.90. The predicted molar refractivity (Wildman–Crippen MR) is 79.0 cm³/mol. The van der Waals surface area contributed by atoms with Crippen LogP contribution in [0.15, 0.2) is 24.3 Å². The molecule has 2 N–H and O–H groups in total. The molecule has 2 bridgehead atoms. The molecule has 104 valence electrons. The number of rotatable bonds is 3. The third kappa shape index (κ3) is 1.80. The highest BCUT2D eigenvalue weighted by atomic mass is 16.3. The summed E-state index contributed by atoms with van der Waals surface area (Å²) in [4.78, 5) is 0. The van der Waals surface area contributed by atoms with Gasteiger partial charge in [0.15, 0.2) is 0 Å². The van der Waals surface area contributed by atoms with E-state index < -0.39 is 0 Å². The van der Waals surface area contributed by atoms with Crippen LogP contribution in [0.4, 0.5) is 5.69 Å². The molecule has 0 heterocycles. The van der Waals surface area contributed by atoms with Crippen molar-refractivity contribution in [2.24, 2.45) is 16.7 Å². The zero-order chi connectivity index (χ0) is 13.7. The normalized spacial score (nSPS) is 35.6. The summed E-state index contributed by atoms with van der Waals surface area (Å²) in [5, 5.41) is 12.8. The summed E-state index contributed by atoms with van der Waals surface area (Å²) in [5.74, 6) is 0.867. The molecule has 2 heteroatoms. The Morgan fingerprint density at radius 1 is 1.21 bits per heavy atom. The summed E-state index contributed by atoms with van der Waals surface area (Å²) < 4.78 is 0. The number of hydrogen-bond acceptors (Lipinski definition) is 2. The lowest BCUT2D eigenvalue weighted by Crippen LogP contribution is -2.40. The largest absolute Gasteiger partial charge is 0.392 e. The Morgan fingerprint density at radius 2 is 1.89 bits per heavy atom. The van der Waals surface area contributed by atoms with Gasteiger partial charge in [0.25, 0.3) is 0 Å². The van der Waals surface area contributed by atoms with Crippen molar-refractivity contribution in [3.63, 3.8) is 0 Å². The van der Waals surface area contributed by atoms with Crippen LogP contribution in [0.1, 0.15) is 45.6 Å². The molecule has 3 unspecified atom stereocenters. The minimum atomic E-state index is 0.122. The van der Waals surface area contributed by atoms with Crippen molar-refractivity contribution in [2.45, 2.75) is 52.7 Å². The van der Waals surface area contributed by atoms with E-state index in [-0.39, 0.29) is 6.61 Å². The molecule has 0 spiro atoms. The Labute approximate surface area is 116 Å². The number of anilines is 1. The Bertz CT molecular complexity index is 465. The van der Waals surface area contributed by atoms with E-state index in [9.17, 15) is 0 Å². The van der Waals surface area contributed by atoms with Crippen molar-refractivity contribution in [2.75, 3.05) is 5.32 Å². The first-order valence-electron chi connectivity index (χ1n) is 7.44. The van der Waals surface area contributed by atoms with Gasteiger partial charge in [-0.1, -0.05) is 32.9 Å². The topological polar surface area (TPSA) is 32.3 Å². The molecule has 2 fully saturated rings. The maximum Gasteiger partial charge on any atom is 0.0681 e. The van der Waals surface area contributed by atoms with Gasteiger partial charge in [0.2, 0.25) is 0 Å². The van der Waals surface area contributed by atoms with Crippen LogP contribution >= 0.6 is 0 Å². The number of aliphatic hydroxyl groups is 1. The molecule has 3 atom stereocenters. The summed E-state index contributed by atoms with van der Waals surface area (Å²) >= 11 is 0. The lowest BCUT2D eigenvalue weighted by Gasteiger charge is -2.40. The van der Waals surface area contributed by atoms with Crippen LogP contribution in [0, 0.1) is 16.7 Å². The third-order valence-electron chi connectivity index (χ3n) is 6.27. The highest BCUT2D eigenvalue weighted by molar-refractivity contribution is 5.46. The van der Waals surface area contributed by atoms with Gasteiger partial charge in [0.1, 0.15) is 0 Å². The average molecular weight is 259 g/mol. The van der Waals surface area contributed by atoms with E-state index in [4.69, 9.17) is 5.11 Å². The third-order valence-corrected chi connectivity index (χ3v) is 6.27. The second-order valence-electron chi connectivity index (χ2n) is 7.16. The summed E-state index contributed by atoms with van der Waals surface area (Å²) in [6.07, 6.45) is 4.04. The smallest absolute Gasteiger partial charge is 0.0681 e. The fraction of sp³-hybridized carbons (Fsp3) is 0.647. The van der Waals surface area contributed by atoms with E-state index in [1.54, 1.807) is 0 Å². The highest BCUT2D eigenvalue weighted by Crippen LogP contribution is 2.65. The average Bonchev–Trinajstić information content (AvgIpc) is 2.73. The minimum absolute atomic E-state index is 0.122. The van der Waals surface area contributed by atoms with Crippen molar-refractivity contribution in [3.8, 4) is 0 Å². The van der Waals surface area contributed by atoms with Gasteiger partial charge in [-0.25, -0.2) is 0 Å². The van der Waals surface area contributed by atoms with E-state index in [1.807, 2.05) is 12.1 Å². The summed E-state index contributed by atoms with van der Waals surface area (Å²) in [6.45, 7) is 7.47. The molecule has 2 aliphatic rings. The molecule has 3 rings (SSSR count). The van der Waals surface area contributed by atoms with E-state index in [2.05, 4.69) is 38.2 Å². The predicted octanol–water partition coefficient (Wildman–Crippen LogP) is 3.81. The van der Waals surface area contributed by atoms with Crippen LogP contribution in [0.5, 0.6) is 0 Å². The lowest BCUT2D eigenvalue weighted by molar-refractivity contribution is 0.142. The number of hydrogen-bond donors (Lipinski definition) is 2. The van der Waals surface area contributed by atoms with Gasteiger partial charge < -0.3 is 10.4 Å². The van der Waals surface area contributed by atoms with Crippen LogP contribution in [0.25, 0.3) is 0 Å². The number of aliphatic hydroxyl groups excluding tert-OH is 1. The molecule has 1 aromatic carbocycles. The minimum Gasteiger partial charge on any atom is -0.392 e. The number of nitrogens with one attached hydrogen (secondary N) is 1. The molecule has 2 nitrogen and oxygen atoms in total. The number of benzene rings is 1. The second kappa shape index (κ2) is 4.24. The van der Waals surface area contributed by atoms with Crippen molar-refractivity contribution in [1.82, 2.24) is 0 Å². The quantitative estimate of drug-likeness (QED) is 0.865. The van der Waals surface area contributed by atoms with Crippen LogP contribution in [-0.4, -0.2) is 11.1 Å². The van der Waals surface area contributed by atoms with E-state index in [1.165, 1.54) is 24.9 Å². The maximum absolute atomic E-state index is 9.09. The van der Waals surface area contributed by atoms with Crippen molar-refractivity contribution in [3.05, 3.63) is 29.8 Å². The molecule has 0 aliphatic heterocycles. The highest BCUT2D eigenvalue weighted by Gasteiger charge is 2.61. The molecule has 2 saturated carbocycles. The molecule has 0 amide bonds. The summed E-state index contributed by atoms with van der Waals surface area (Å²) in [5.41, 5.74) is 3.03. The van der Waals surface area contributed by atoms with Crippen molar-refractivity contribution >= 4 is 5.69 Å². The first-order valence-corrected chi connectivity index (χ1v) is 7.44. The van der Waals surface area contributed by atoms with E-state index >= 15 is 0 Å². The summed E-state index contributed by atoms with van der Waals surface area (Å²) in [6, 6.07) is 8.77. The van der Waals surface area contributed by atoms with Crippen molar-refractivity contribution < 1.29 is 5.11 Å². The van der Waals surface area contributed by atoms with Crippen LogP contribution in [0.3, 0.4) is 0 Å². The Balaban J connectivity index is 1.78. The molecular formula is C17H25NO. The fourth-order valence-electron chi connectivity index (χ4n) is 4.33. The molecule has 2 aliphatic carbocycles. The first-order chi connectivity index (χ1) is 8.97. The van der Waals surface area contributed by atoms with Gasteiger partial charge in [-0.2, -0.15) is 0 Å². The maximum atomic E-state index is 9.09. The SMILES string of the molecule is CC1(C)C2CCC1(C)C(Nc1ccc(CO)cc1)C2. The van der Waals surface area contributed by atoms with Gasteiger partial charge in [-0.05, 0) is 53.7 Å². The van der Waals surface area contributed by atoms with Gasteiger partial charge in [0, 0.05) is 11.7 Å². The van der Waals surface area contributed by atoms with Crippen molar-refractivity contribution in [1.29, 1.82) is 0 Å². The van der Waals surface area contributed by atoms with Crippen LogP contribution < -0.4 is 5.32 Å².